The van der Waals surface area contributed by atoms with E-state index in [1.807, 2.05) is 66.7 Å². The third-order valence-electron chi connectivity index (χ3n) is 10.3. The van der Waals surface area contributed by atoms with Crippen molar-refractivity contribution in [2.45, 2.75) is 0 Å². The third kappa shape index (κ3) is 4.71. The van der Waals surface area contributed by atoms with Crippen molar-refractivity contribution in [1.82, 2.24) is 19.9 Å². The fourth-order valence-corrected chi connectivity index (χ4v) is 7.82. The van der Waals surface area contributed by atoms with Gasteiger partial charge in [-0.1, -0.05) is 140 Å². The summed E-state index contributed by atoms with van der Waals surface area (Å²) in [6.07, 6.45) is 0. The topological polar surface area (TPSA) is 64.7 Å². The Morgan fingerprint density at radius 1 is 0.321 bits per heavy atom. The molecule has 5 nitrogen and oxygen atoms in total. The lowest BCUT2D eigenvalue weighted by atomic mass is 9.93. The molecule has 8 aromatic carbocycles. The average Bonchev–Trinajstić information content (AvgIpc) is 3.64. The van der Waals surface area contributed by atoms with Gasteiger partial charge in [-0.25, -0.2) is 19.9 Å². The molecule has 0 aliphatic carbocycles. The van der Waals surface area contributed by atoms with Crippen LogP contribution in [0.25, 0.3) is 111 Å². The van der Waals surface area contributed by atoms with Gasteiger partial charge in [0.1, 0.15) is 11.2 Å². The number of benzene rings is 8. The molecule has 0 aliphatic rings. The predicted octanol–water partition coefficient (Wildman–Crippen LogP) is 12.4. The summed E-state index contributed by atoms with van der Waals surface area (Å²) in [5, 5.41) is 10.3. The number of para-hydroxylation sites is 2. The molecule has 0 radical (unpaired) electrons. The Bertz CT molecular complexity index is 3200. The fourth-order valence-electron chi connectivity index (χ4n) is 7.82. The molecule has 0 atom stereocenters. The molecular weight excluding hydrogens is 649 g/mol. The van der Waals surface area contributed by atoms with Crippen LogP contribution in [0.2, 0.25) is 0 Å². The highest BCUT2D eigenvalue weighted by atomic mass is 16.3. The van der Waals surface area contributed by atoms with E-state index < -0.39 is 0 Å². The number of pyridine rings is 1. The average molecular weight is 677 g/mol. The molecule has 3 heterocycles. The number of rotatable bonds is 4. The minimum Gasteiger partial charge on any atom is -0.455 e. The lowest BCUT2D eigenvalue weighted by molar-refractivity contribution is 0.672. The predicted molar refractivity (Wildman–Crippen MR) is 217 cm³/mol. The van der Waals surface area contributed by atoms with Crippen LogP contribution in [0.3, 0.4) is 0 Å². The van der Waals surface area contributed by atoms with Crippen LogP contribution in [0.1, 0.15) is 0 Å². The van der Waals surface area contributed by atoms with Gasteiger partial charge in [0.15, 0.2) is 17.5 Å². The first-order valence-electron chi connectivity index (χ1n) is 17.7. The summed E-state index contributed by atoms with van der Waals surface area (Å²) < 4.78 is 6.48. The van der Waals surface area contributed by atoms with Gasteiger partial charge in [-0.15, -0.1) is 0 Å². The first kappa shape index (κ1) is 29.5. The van der Waals surface area contributed by atoms with Crippen molar-refractivity contribution in [3.63, 3.8) is 0 Å². The molecule has 11 rings (SSSR count). The minimum absolute atomic E-state index is 0.591. The number of hydrogen-bond donors (Lipinski definition) is 0. The van der Waals surface area contributed by atoms with Crippen molar-refractivity contribution in [3.05, 3.63) is 170 Å². The second-order valence-electron chi connectivity index (χ2n) is 13.4. The highest BCUT2D eigenvalue weighted by Crippen LogP contribution is 2.41. The smallest absolute Gasteiger partial charge is 0.164 e. The molecule has 5 heteroatoms. The van der Waals surface area contributed by atoms with Crippen LogP contribution in [-0.2, 0) is 0 Å². The van der Waals surface area contributed by atoms with Crippen LogP contribution in [0.4, 0.5) is 0 Å². The molecule has 0 aliphatic heterocycles. The Balaban J connectivity index is 1.13. The highest BCUT2D eigenvalue weighted by Gasteiger charge is 2.19. The van der Waals surface area contributed by atoms with Gasteiger partial charge in [0.05, 0.1) is 16.6 Å². The Hall–Kier alpha value is -7.24. The Labute approximate surface area is 303 Å². The van der Waals surface area contributed by atoms with E-state index in [1.54, 1.807) is 0 Å². The van der Waals surface area contributed by atoms with Gasteiger partial charge in [0.2, 0.25) is 0 Å². The van der Waals surface area contributed by atoms with E-state index in [9.17, 15) is 0 Å². The number of fused-ring (bicyclic) bond motifs is 11. The molecule has 0 spiro atoms. The molecule has 0 unspecified atom stereocenters. The van der Waals surface area contributed by atoms with E-state index in [-0.39, 0.29) is 0 Å². The van der Waals surface area contributed by atoms with Crippen LogP contribution in [-0.4, -0.2) is 19.9 Å². The zero-order valence-corrected chi connectivity index (χ0v) is 28.4. The summed E-state index contributed by atoms with van der Waals surface area (Å²) >= 11 is 0. The van der Waals surface area contributed by atoms with Crippen molar-refractivity contribution in [2.24, 2.45) is 0 Å². The van der Waals surface area contributed by atoms with Crippen LogP contribution >= 0.6 is 0 Å². The Morgan fingerprint density at radius 2 is 0.830 bits per heavy atom. The molecule has 0 amide bonds. The third-order valence-corrected chi connectivity index (χ3v) is 10.3. The van der Waals surface area contributed by atoms with Gasteiger partial charge in [0.25, 0.3) is 0 Å². The van der Waals surface area contributed by atoms with E-state index in [0.29, 0.717) is 17.5 Å². The molecule has 53 heavy (non-hydrogen) atoms. The van der Waals surface area contributed by atoms with Gasteiger partial charge in [-0.3, -0.25) is 0 Å². The summed E-state index contributed by atoms with van der Waals surface area (Å²) in [7, 11) is 0. The van der Waals surface area contributed by atoms with Crippen molar-refractivity contribution in [3.8, 4) is 45.4 Å². The van der Waals surface area contributed by atoms with Gasteiger partial charge in [-0.2, -0.15) is 0 Å². The maximum atomic E-state index is 6.48. The Kier molecular flexibility index (Phi) is 6.48. The normalized spacial score (nSPS) is 11.8. The van der Waals surface area contributed by atoms with E-state index in [1.165, 1.54) is 32.3 Å². The van der Waals surface area contributed by atoms with Crippen LogP contribution in [0.5, 0.6) is 0 Å². The summed E-state index contributed by atoms with van der Waals surface area (Å²) in [4.78, 5) is 20.6. The molecule has 0 fully saturated rings. The van der Waals surface area contributed by atoms with Crippen LogP contribution in [0.15, 0.2) is 174 Å². The molecule has 3 aromatic heterocycles. The van der Waals surface area contributed by atoms with Crippen molar-refractivity contribution in [2.75, 3.05) is 0 Å². The largest absolute Gasteiger partial charge is 0.455 e. The van der Waals surface area contributed by atoms with Crippen molar-refractivity contribution < 1.29 is 4.42 Å². The van der Waals surface area contributed by atoms with Crippen LogP contribution in [0, 0.1) is 0 Å². The molecule has 246 valence electrons. The van der Waals surface area contributed by atoms with Gasteiger partial charge in [0, 0.05) is 33.0 Å². The van der Waals surface area contributed by atoms with E-state index in [4.69, 9.17) is 24.4 Å². The minimum atomic E-state index is 0.591. The van der Waals surface area contributed by atoms with Gasteiger partial charge < -0.3 is 4.42 Å². The molecule has 0 bridgehead atoms. The van der Waals surface area contributed by atoms with Crippen molar-refractivity contribution >= 4 is 65.2 Å². The maximum Gasteiger partial charge on any atom is 0.164 e. The highest BCUT2D eigenvalue weighted by molar-refractivity contribution is 6.25. The summed E-state index contributed by atoms with van der Waals surface area (Å²) in [5.74, 6) is 1.82. The SMILES string of the molecule is c1ccc(-c2nc(-c3cccc(-c4nc5ccccc5c5oc6ccccc6c45)c3)nc(-c3ccc4c5ccccc5c5ccccc5c4c3)n2)cc1. The Morgan fingerprint density at radius 3 is 1.55 bits per heavy atom. The second kappa shape index (κ2) is 11.7. The molecule has 0 saturated heterocycles. The molecule has 11 aromatic rings. The fraction of sp³-hybridized carbons (Fsp3) is 0. The van der Waals surface area contributed by atoms with Gasteiger partial charge >= 0.3 is 0 Å². The maximum absolute atomic E-state index is 6.48. The standard InChI is InChI=1S/C48H28N4O/c1-2-13-29(14-3-1)46-50-47(52-48(51-46)32-25-26-37-35-19-5-4-17-33(35)34-18-6-7-20-36(34)40(37)28-32)31-16-12-15-30(27-31)44-43-39-22-9-11-24-42(39)53-45(43)38-21-8-10-23-41(38)49-44/h1-28H. The van der Waals surface area contributed by atoms with E-state index in [2.05, 4.69) is 103 Å². The summed E-state index contributed by atoms with van der Waals surface area (Å²) in [6.45, 7) is 0. The monoisotopic (exact) mass is 676 g/mol. The number of aromatic nitrogens is 4. The quantitative estimate of drug-likeness (QED) is 0.174. The molecule has 0 saturated carbocycles. The zero-order chi connectivity index (χ0) is 34.9. The van der Waals surface area contributed by atoms with Gasteiger partial charge in [-0.05, 0) is 62.6 Å². The van der Waals surface area contributed by atoms with Crippen molar-refractivity contribution in [1.29, 1.82) is 0 Å². The van der Waals surface area contributed by atoms with E-state index in [0.717, 1.165) is 60.8 Å². The number of hydrogen-bond acceptors (Lipinski definition) is 5. The molecular formula is C48H28N4O. The number of furan rings is 1. The zero-order valence-electron chi connectivity index (χ0n) is 28.4. The summed E-state index contributed by atoms with van der Waals surface area (Å²) in [6, 6.07) is 58.6. The molecule has 0 N–H and O–H groups in total. The lowest BCUT2D eigenvalue weighted by Crippen LogP contribution is -2.00. The first-order valence-corrected chi connectivity index (χ1v) is 17.7. The second-order valence-corrected chi connectivity index (χ2v) is 13.4. The van der Waals surface area contributed by atoms with E-state index >= 15 is 0 Å². The lowest BCUT2D eigenvalue weighted by Gasteiger charge is -2.13. The number of nitrogens with zero attached hydrogens (tertiary/aromatic N) is 4. The first-order chi connectivity index (χ1) is 26.3. The van der Waals surface area contributed by atoms with Crippen LogP contribution < -0.4 is 0 Å². The summed E-state index contributed by atoms with van der Waals surface area (Å²) in [5.41, 5.74) is 7.09.